The highest BCUT2D eigenvalue weighted by Crippen LogP contribution is 2.30. The zero-order chi connectivity index (χ0) is 12.4. The van der Waals surface area contributed by atoms with Crippen molar-refractivity contribution in [1.29, 1.82) is 0 Å². The Balaban J connectivity index is 1.55. The predicted molar refractivity (Wildman–Crippen MR) is 75.9 cm³/mol. The number of pyridine rings is 1. The summed E-state index contributed by atoms with van der Waals surface area (Å²) in [4.78, 5) is 7.57. The van der Waals surface area contributed by atoms with Gasteiger partial charge >= 0.3 is 0 Å². The Morgan fingerprint density at radius 1 is 1.28 bits per heavy atom. The lowest BCUT2D eigenvalue weighted by atomic mass is 10.2. The quantitative estimate of drug-likeness (QED) is 0.910. The smallest absolute Gasteiger partial charge is 0.0544 e. The summed E-state index contributed by atoms with van der Waals surface area (Å²) in [5, 5.41) is 3.48. The van der Waals surface area contributed by atoms with Crippen LogP contribution in [0.5, 0.6) is 0 Å². The number of hydrogen-bond donors (Lipinski definition) is 1. The first-order valence-electron chi connectivity index (χ1n) is 6.55. The van der Waals surface area contributed by atoms with Gasteiger partial charge in [-0.05, 0) is 49.9 Å². The lowest BCUT2D eigenvalue weighted by Gasteiger charge is -2.03. The Kier molecular flexibility index (Phi) is 3.43. The van der Waals surface area contributed by atoms with Crippen molar-refractivity contribution < 1.29 is 0 Å². The number of aromatic nitrogens is 1. The molecule has 0 spiro atoms. The maximum absolute atomic E-state index is 4.50. The summed E-state index contributed by atoms with van der Waals surface area (Å²) in [6, 6.07) is 8.56. The lowest BCUT2D eigenvalue weighted by molar-refractivity contribution is 0.684. The van der Waals surface area contributed by atoms with Crippen LogP contribution in [0.2, 0.25) is 0 Å². The van der Waals surface area contributed by atoms with E-state index in [0.717, 1.165) is 24.5 Å². The van der Waals surface area contributed by atoms with E-state index in [4.69, 9.17) is 0 Å². The van der Waals surface area contributed by atoms with Crippen molar-refractivity contribution in [3.8, 4) is 0 Å². The van der Waals surface area contributed by atoms with Crippen molar-refractivity contribution in [1.82, 2.24) is 10.3 Å². The molecule has 0 saturated carbocycles. The average Bonchev–Trinajstić information content (AvgIpc) is 2.89. The lowest BCUT2D eigenvalue weighted by Crippen LogP contribution is -2.13. The van der Waals surface area contributed by atoms with Crippen LogP contribution in [-0.2, 0) is 25.9 Å². The fraction of sp³-hybridized carbons (Fsp3) is 0.400. The van der Waals surface area contributed by atoms with Crippen molar-refractivity contribution in [2.75, 3.05) is 0 Å². The van der Waals surface area contributed by atoms with Crippen molar-refractivity contribution >= 4 is 11.3 Å². The number of nitrogens with one attached hydrogen (secondary N) is 1. The first kappa shape index (κ1) is 11.9. The zero-order valence-electron chi connectivity index (χ0n) is 10.7. The van der Waals surface area contributed by atoms with Gasteiger partial charge in [0.05, 0.1) is 5.69 Å². The van der Waals surface area contributed by atoms with E-state index >= 15 is 0 Å². The van der Waals surface area contributed by atoms with E-state index in [2.05, 4.69) is 28.5 Å². The number of thiophene rings is 1. The van der Waals surface area contributed by atoms with Gasteiger partial charge in [0.25, 0.3) is 0 Å². The first-order chi connectivity index (χ1) is 8.81. The molecule has 2 aromatic rings. The van der Waals surface area contributed by atoms with Gasteiger partial charge in [0.2, 0.25) is 0 Å². The molecule has 0 bridgehead atoms. The Morgan fingerprint density at radius 3 is 3.06 bits per heavy atom. The summed E-state index contributed by atoms with van der Waals surface area (Å²) >= 11 is 1.98. The van der Waals surface area contributed by atoms with Crippen LogP contribution in [0.3, 0.4) is 0 Å². The van der Waals surface area contributed by atoms with Crippen LogP contribution in [0, 0.1) is 6.92 Å². The molecule has 0 saturated heterocycles. The molecule has 0 radical (unpaired) electrons. The molecular weight excluding hydrogens is 240 g/mol. The fourth-order valence-corrected chi connectivity index (χ4v) is 3.72. The molecule has 0 atom stereocenters. The summed E-state index contributed by atoms with van der Waals surface area (Å²) in [6.07, 6.45) is 3.92. The molecule has 3 heteroatoms. The van der Waals surface area contributed by atoms with Gasteiger partial charge in [0.15, 0.2) is 0 Å². The normalized spacial score (nSPS) is 13.8. The predicted octanol–water partition coefficient (Wildman–Crippen LogP) is 3.23. The standard InChI is InChI=1S/C15H18N2S/c1-11-4-2-6-13(17-11)9-16-10-14-8-12-5-3-7-15(12)18-14/h2,4,6,8,16H,3,5,7,9-10H2,1H3. The minimum absolute atomic E-state index is 0.851. The molecule has 0 unspecified atom stereocenters. The zero-order valence-corrected chi connectivity index (χ0v) is 11.5. The van der Waals surface area contributed by atoms with E-state index in [-0.39, 0.29) is 0 Å². The molecule has 1 N–H and O–H groups in total. The van der Waals surface area contributed by atoms with Crippen LogP contribution in [0.15, 0.2) is 24.3 Å². The van der Waals surface area contributed by atoms with Crippen LogP contribution in [0.1, 0.15) is 33.1 Å². The molecule has 1 aliphatic carbocycles. The fourth-order valence-electron chi connectivity index (χ4n) is 2.49. The highest BCUT2D eigenvalue weighted by Gasteiger charge is 2.14. The topological polar surface area (TPSA) is 24.9 Å². The van der Waals surface area contributed by atoms with Crippen LogP contribution < -0.4 is 5.32 Å². The molecule has 2 aromatic heterocycles. The Morgan fingerprint density at radius 2 is 2.22 bits per heavy atom. The first-order valence-corrected chi connectivity index (χ1v) is 7.36. The number of rotatable bonds is 4. The number of nitrogens with zero attached hydrogens (tertiary/aromatic N) is 1. The molecule has 18 heavy (non-hydrogen) atoms. The second-order valence-electron chi connectivity index (χ2n) is 4.89. The molecule has 0 aromatic carbocycles. The third-order valence-corrected chi connectivity index (χ3v) is 4.59. The van der Waals surface area contributed by atoms with Gasteiger partial charge in [0.1, 0.15) is 0 Å². The summed E-state index contributed by atoms with van der Waals surface area (Å²) in [5.41, 5.74) is 3.80. The van der Waals surface area contributed by atoms with Gasteiger partial charge in [-0.1, -0.05) is 6.07 Å². The van der Waals surface area contributed by atoms with Crippen molar-refractivity contribution in [3.05, 3.63) is 51.0 Å². The molecule has 2 heterocycles. The number of aryl methyl sites for hydroxylation is 3. The van der Waals surface area contributed by atoms with Crippen LogP contribution in [0.25, 0.3) is 0 Å². The molecule has 1 aliphatic rings. The molecule has 0 fully saturated rings. The molecule has 0 aliphatic heterocycles. The van der Waals surface area contributed by atoms with Gasteiger partial charge in [-0.2, -0.15) is 0 Å². The Bertz CT molecular complexity index is 524. The number of hydrogen-bond acceptors (Lipinski definition) is 3. The van der Waals surface area contributed by atoms with Crippen LogP contribution >= 0.6 is 11.3 Å². The molecule has 3 rings (SSSR count). The summed E-state index contributed by atoms with van der Waals surface area (Å²) in [6.45, 7) is 3.85. The Labute approximate surface area is 112 Å². The van der Waals surface area contributed by atoms with E-state index in [0.29, 0.717) is 0 Å². The third-order valence-electron chi connectivity index (χ3n) is 3.35. The average molecular weight is 258 g/mol. The van der Waals surface area contributed by atoms with E-state index in [9.17, 15) is 0 Å². The summed E-state index contributed by atoms with van der Waals surface area (Å²) < 4.78 is 0. The van der Waals surface area contributed by atoms with Crippen LogP contribution in [-0.4, -0.2) is 4.98 Å². The van der Waals surface area contributed by atoms with Gasteiger partial charge in [-0.3, -0.25) is 4.98 Å². The van der Waals surface area contributed by atoms with E-state index < -0.39 is 0 Å². The second kappa shape index (κ2) is 5.21. The monoisotopic (exact) mass is 258 g/mol. The highest BCUT2D eigenvalue weighted by atomic mass is 32.1. The molecule has 0 amide bonds. The van der Waals surface area contributed by atoms with Crippen molar-refractivity contribution in [2.24, 2.45) is 0 Å². The van der Waals surface area contributed by atoms with Crippen LogP contribution in [0.4, 0.5) is 0 Å². The minimum Gasteiger partial charge on any atom is -0.306 e. The summed E-state index contributed by atoms with van der Waals surface area (Å²) in [5.74, 6) is 0. The molecule has 94 valence electrons. The minimum atomic E-state index is 0.851. The summed E-state index contributed by atoms with van der Waals surface area (Å²) in [7, 11) is 0. The largest absolute Gasteiger partial charge is 0.306 e. The van der Waals surface area contributed by atoms with E-state index in [1.54, 1.807) is 10.4 Å². The molecule has 2 nitrogen and oxygen atoms in total. The third kappa shape index (κ3) is 2.62. The van der Waals surface area contributed by atoms with Crippen molar-refractivity contribution in [2.45, 2.75) is 39.3 Å². The maximum atomic E-state index is 4.50. The molecular formula is C15H18N2S. The Hall–Kier alpha value is -1.19. The van der Waals surface area contributed by atoms with Gasteiger partial charge in [0, 0.05) is 28.5 Å². The SMILES string of the molecule is Cc1cccc(CNCc2cc3c(s2)CCC3)n1. The maximum Gasteiger partial charge on any atom is 0.0544 e. The highest BCUT2D eigenvalue weighted by molar-refractivity contribution is 7.12. The van der Waals surface area contributed by atoms with Gasteiger partial charge in [-0.25, -0.2) is 0 Å². The number of fused-ring (bicyclic) bond motifs is 1. The van der Waals surface area contributed by atoms with Gasteiger partial charge < -0.3 is 5.32 Å². The second-order valence-corrected chi connectivity index (χ2v) is 6.11. The van der Waals surface area contributed by atoms with E-state index in [1.165, 1.54) is 24.1 Å². The van der Waals surface area contributed by atoms with Gasteiger partial charge in [-0.15, -0.1) is 11.3 Å². The van der Waals surface area contributed by atoms with E-state index in [1.807, 2.05) is 24.3 Å². The van der Waals surface area contributed by atoms with Crippen molar-refractivity contribution in [3.63, 3.8) is 0 Å².